The number of hydrogen-bond donors (Lipinski definition) is 1. The number of nitrogens with zero attached hydrogens (tertiary/aromatic N) is 3. The van der Waals surface area contributed by atoms with E-state index in [-0.39, 0.29) is 5.91 Å². The standard InChI is InChI=1S/C23H20Cl2N4O/c1-15-21(23(30)27-9-4-11-29-12-10-26-14-29)18-5-2-3-6-20(18)28-22(15)17-8-7-16(24)13-19(17)25/h2-3,5-8,10,12-14H,4,9,11H2,1H3,(H,27,30). The number of fused-ring (bicyclic) bond motifs is 1. The minimum absolute atomic E-state index is 0.122. The van der Waals surface area contributed by atoms with Crippen LogP contribution < -0.4 is 5.32 Å². The van der Waals surface area contributed by atoms with E-state index in [1.165, 1.54) is 0 Å². The zero-order valence-electron chi connectivity index (χ0n) is 16.4. The molecule has 0 radical (unpaired) electrons. The lowest BCUT2D eigenvalue weighted by molar-refractivity contribution is 0.0954. The molecule has 5 nitrogen and oxygen atoms in total. The van der Waals surface area contributed by atoms with Crippen LogP contribution in [0.25, 0.3) is 22.2 Å². The van der Waals surface area contributed by atoms with E-state index in [1.807, 2.05) is 48.0 Å². The molecule has 2 aromatic carbocycles. The van der Waals surface area contributed by atoms with Crippen LogP contribution in [0, 0.1) is 6.92 Å². The number of aryl methyl sites for hydroxylation is 1. The van der Waals surface area contributed by atoms with Gasteiger partial charge in [-0.1, -0.05) is 41.4 Å². The number of para-hydroxylation sites is 1. The Morgan fingerprint density at radius 3 is 2.77 bits per heavy atom. The highest BCUT2D eigenvalue weighted by molar-refractivity contribution is 6.36. The predicted octanol–water partition coefficient (Wildman–Crippen LogP) is 5.53. The Bertz CT molecular complexity index is 1210. The first-order chi connectivity index (χ1) is 14.5. The molecule has 0 unspecified atom stereocenters. The first-order valence-corrected chi connectivity index (χ1v) is 10.4. The highest BCUT2D eigenvalue weighted by atomic mass is 35.5. The number of amides is 1. The topological polar surface area (TPSA) is 59.8 Å². The van der Waals surface area contributed by atoms with E-state index in [2.05, 4.69) is 10.3 Å². The van der Waals surface area contributed by atoms with Crippen LogP contribution in [0.15, 0.2) is 61.2 Å². The summed E-state index contributed by atoms with van der Waals surface area (Å²) in [7, 11) is 0. The largest absolute Gasteiger partial charge is 0.352 e. The summed E-state index contributed by atoms with van der Waals surface area (Å²) in [4.78, 5) is 22.0. The molecule has 0 spiro atoms. The quantitative estimate of drug-likeness (QED) is 0.402. The number of carbonyl (C=O) groups is 1. The van der Waals surface area contributed by atoms with Crippen LogP contribution in [0.4, 0.5) is 0 Å². The van der Waals surface area contributed by atoms with Gasteiger partial charge >= 0.3 is 0 Å². The van der Waals surface area contributed by atoms with Gasteiger partial charge in [0.2, 0.25) is 0 Å². The number of halogens is 2. The summed E-state index contributed by atoms with van der Waals surface area (Å²) in [6.45, 7) is 3.26. The summed E-state index contributed by atoms with van der Waals surface area (Å²) in [6.07, 6.45) is 6.23. The van der Waals surface area contributed by atoms with Gasteiger partial charge in [0.1, 0.15) is 0 Å². The van der Waals surface area contributed by atoms with Crippen molar-refractivity contribution in [1.29, 1.82) is 0 Å². The van der Waals surface area contributed by atoms with Gasteiger partial charge in [0.05, 0.1) is 28.1 Å². The van der Waals surface area contributed by atoms with Crippen molar-refractivity contribution in [3.63, 3.8) is 0 Å². The molecule has 1 N–H and O–H groups in total. The van der Waals surface area contributed by atoms with Crippen LogP contribution in [0.3, 0.4) is 0 Å². The molecule has 2 heterocycles. The maximum atomic E-state index is 13.2. The second-order valence-electron chi connectivity index (χ2n) is 7.01. The molecule has 0 saturated heterocycles. The summed E-state index contributed by atoms with van der Waals surface area (Å²) < 4.78 is 1.99. The fourth-order valence-corrected chi connectivity index (χ4v) is 4.01. The maximum absolute atomic E-state index is 13.2. The van der Waals surface area contributed by atoms with Crippen molar-refractivity contribution in [2.24, 2.45) is 0 Å². The van der Waals surface area contributed by atoms with Crippen molar-refractivity contribution in [1.82, 2.24) is 19.9 Å². The van der Waals surface area contributed by atoms with Gasteiger partial charge in [-0.15, -0.1) is 0 Å². The van der Waals surface area contributed by atoms with Gasteiger partial charge in [-0.05, 0) is 43.2 Å². The Morgan fingerprint density at radius 2 is 2.00 bits per heavy atom. The molecule has 152 valence electrons. The maximum Gasteiger partial charge on any atom is 0.252 e. The van der Waals surface area contributed by atoms with E-state index in [1.54, 1.807) is 24.7 Å². The van der Waals surface area contributed by atoms with Crippen molar-refractivity contribution < 1.29 is 4.79 Å². The fraction of sp³-hybridized carbons (Fsp3) is 0.174. The summed E-state index contributed by atoms with van der Waals surface area (Å²) in [5, 5.41) is 4.91. The number of carbonyl (C=O) groups excluding carboxylic acids is 1. The van der Waals surface area contributed by atoms with Crippen molar-refractivity contribution in [3.8, 4) is 11.3 Å². The monoisotopic (exact) mass is 438 g/mol. The number of imidazole rings is 1. The molecular formula is C23H20Cl2N4O. The minimum Gasteiger partial charge on any atom is -0.352 e. The third-order valence-corrected chi connectivity index (χ3v) is 5.53. The van der Waals surface area contributed by atoms with Crippen LogP contribution in [0.1, 0.15) is 22.3 Å². The Labute approximate surface area is 184 Å². The normalized spacial score (nSPS) is 11.0. The van der Waals surface area contributed by atoms with Gasteiger partial charge in [0.15, 0.2) is 0 Å². The molecule has 0 aliphatic carbocycles. The number of pyridine rings is 1. The Morgan fingerprint density at radius 1 is 1.17 bits per heavy atom. The Hall–Kier alpha value is -2.89. The molecule has 1 amide bonds. The van der Waals surface area contributed by atoms with Gasteiger partial charge in [-0.3, -0.25) is 4.79 Å². The Balaban J connectivity index is 1.67. The SMILES string of the molecule is Cc1c(-c2ccc(Cl)cc2Cl)nc2ccccc2c1C(=O)NCCCn1ccnc1. The molecular weight excluding hydrogens is 419 g/mol. The van der Waals surface area contributed by atoms with Crippen LogP contribution in [0.2, 0.25) is 10.0 Å². The second-order valence-corrected chi connectivity index (χ2v) is 7.86. The molecule has 4 aromatic rings. The molecule has 2 aromatic heterocycles. The third-order valence-electron chi connectivity index (χ3n) is 4.99. The lowest BCUT2D eigenvalue weighted by atomic mass is 9.97. The second kappa shape index (κ2) is 8.86. The van der Waals surface area contributed by atoms with E-state index in [4.69, 9.17) is 28.2 Å². The fourth-order valence-electron chi connectivity index (χ4n) is 3.51. The molecule has 0 saturated carbocycles. The predicted molar refractivity (Wildman–Crippen MR) is 121 cm³/mol. The van der Waals surface area contributed by atoms with Gasteiger partial charge in [-0.25, -0.2) is 9.97 Å². The molecule has 4 rings (SSSR count). The van der Waals surface area contributed by atoms with Crippen molar-refractivity contribution in [2.45, 2.75) is 19.9 Å². The molecule has 7 heteroatoms. The van der Waals surface area contributed by atoms with Crippen molar-refractivity contribution >= 4 is 40.0 Å². The van der Waals surface area contributed by atoms with Gasteiger partial charge in [0.25, 0.3) is 5.91 Å². The van der Waals surface area contributed by atoms with Gasteiger partial charge in [-0.2, -0.15) is 0 Å². The van der Waals surface area contributed by atoms with Crippen LogP contribution in [-0.4, -0.2) is 27.0 Å². The molecule has 0 aliphatic heterocycles. The van der Waals surface area contributed by atoms with E-state index in [0.29, 0.717) is 27.8 Å². The molecule has 0 bridgehead atoms. The van der Waals surface area contributed by atoms with E-state index >= 15 is 0 Å². The highest BCUT2D eigenvalue weighted by Crippen LogP contribution is 2.34. The van der Waals surface area contributed by atoms with Crippen LogP contribution in [-0.2, 0) is 6.54 Å². The van der Waals surface area contributed by atoms with Gasteiger partial charge in [0, 0.05) is 41.5 Å². The summed E-state index contributed by atoms with van der Waals surface area (Å²) in [5.74, 6) is -0.122. The molecule has 0 aliphatic rings. The Kier molecular flexibility index (Phi) is 6.02. The first-order valence-electron chi connectivity index (χ1n) is 9.63. The highest BCUT2D eigenvalue weighted by Gasteiger charge is 2.20. The minimum atomic E-state index is -0.122. The van der Waals surface area contributed by atoms with E-state index in [9.17, 15) is 4.79 Å². The number of nitrogens with one attached hydrogen (secondary N) is 1. The summed E-state index contributed by atoms with van der Waals surface area (Å²) in [6, 6.07) is 12.9. The van der Waals surface area contributed by atoms with Crippen LogP contribution >= 0.6 is 23.2 Å². The average Bonchev–Trinajstić information content (AvgIpc) is 3.24. The zero-order valence-corrected chi connectivity index (χ0v) is 17.9. The van der Waals surface area contributed by atoms with Gasteiger partial charge < -0.3 is 9.88 Å². The van der Waals surface area contributed by atoms with Crippen molar-refractivity contribution in [2.75, 3.05) is 6.54 Å². The number of aromatic nitrogens is 3. The smallest absolute Gasteiger partial charge is 0.252 e. The lowest BCUT2D eigenvalue weighted by Gasteiger charge is -2.15. The van der Waals surface area contributed by atoms with Crippen molar-refractivity contribution in [3.05, 3.63) is 82.4 Å². The number of rotatable bonds is 6. The molecule has 0 atom stereocenters. The van der Waals surface area contributed by atoms with E-state index < -0.39 is 0 Å². The summed E-state index contributed by atoms with van der Waals surface area (Å²) >= 11 is 12.5. The third kappa shape index (κ3) is 4.18. The average molecular weight is 439 g/mol. The first kappa shape index (κ1) is 20.4. The lowest BCUT2D eigenvalue weighted by Crippen LogP contribution is -2.26. The molecule has 0 fully saturated rings. The zero-order chi connectivity index (χ0) is 21.1. The summed E-state index contributed by atoms with van der Waals surface area (Å²) in [5.41, 5.74) is 3.57. The molecule has 30 heavy (non-hydrogen) atoms. The van der Waals surface area contributed by atoms with Crippen LogP contribution in [0.5, 0.6) is 0 Å². The number of benzene rings is 2. The number of hydrogen-bond acceptors (Lipinski definition) is 3. The van der Waals surface area contributed by atoms with E-state index in [0.717, 1.165) is 35.0 Å².